The van der Waals surface area contributed by atoms with Crippen LogP contribution in [-0.2, 0) is 0 Å². The number of furan rings is 2. The van der Waals surface area contributed by atoms with Crippen LogP contribution in [0, 0.1) is 0 Å². The molecule has 0 aliphatic rings. The van der Waals surface area contributed by atoms with Crippen molar-refractivity contribution in [2.45, 2.75) is 0 Å². The van der Waals surface area contributed by atoms with E-state index in [4.69, 9.17) is 8.83 Å². The number of fused-ring (bicyclic) bond motifs is 9. The van der Waals surface area contributed by atoms with Crippen LogP contribution in [0.1, 0.15) is 0 Å². The van der Waals surface area contributed by atoms with Crippen LogP contribution >= 0.6 is 0 Å². The van der Waals surface area contributed by atoms with Crippen molar-refractivity contribution in [3.63, 3.8) is 0 Å². The molecule has 0 spiro atoms. The van der Waals surface area contributed by atoms with Crippen LogP contribution in [0.2, 0.25) is 0 Å². The van der Waals surface area contributed by atoms with E-state index in [9.17, 15) is 0 Å². The van der Waals surface area contributed by atoms with Gasteiger partial charge in [0.15, 0.2) is 0 Å². The monoisotopic (exact) mass is 742 g/mol. The Balaban J connectivity index is 1.14. The van der Waals surface area contributed by atoms with Gasteiger partial charge in [-0.15, -0.1) is 0 Å². The van der Waals surface area contributed by atoms with Crippen molar-refractivity contribution >= 4 is 82.7 Å². The largest absolute Gasteiger partial charge is 0.456 e. The van der Waals surface area contributed by atoms with Gasteiger partial charge in [-0.1, -0.05) is 127 Å². The minimum atomic E-state index is 0.830. The third-order valence-electron chi connectivity index (χ3n) is 11.6. The average Bonchev–Trinajstić information content (AvgIpc) is 3.97. The van der Waals surface area contributed by atoms with Gasteiger partial charge < -0.3 is 18.3 Å². The highest BCUT2D eigenvalue weighted by atomic mass is 16.3. The van der Waals surface area contributed by atoms with Gasteiger partial charge in [-0.3, -0.25) is 0 Å². The fraction of sp³-hybridized carbons (Fsp3) is 0. The van der Waals surface area contributed by atoms with Gasteiger partial charge in [0.05, 0.1) is 22.1 Å². The Labute approximate surface area is 334 Å². The number of rotatable bonds is 6. The maximum atomic E-state index is 6.80. The number of para-hydroxylation sites is 3. The minimum absolute atomic E-state index is 0.830. The molecule has 272 valence electrons. The quantitative estimate of drug-likeness (QED) is 0.170. The lowest BCUT2D eigenvalue weighted by molar-refractivity contribution is 0.669. The second-order valence-electron chi connectivity index (χ2n) is 14.9. The number of aromatic nitrogens is 1. The standard InChI is InChI=1S/C54H34N2O2/c1-4-14-35(15-5-1)37-24-27-44-45-29-26-40(34-52(45)57-51(44)32-37)55(39-25-28-43-42-20-10-12-22-47(42)56(49(43)33-39)38-18-8-3-9-19-38)48-31-30-41(36-16-6-2-7-17-36)54-53(48)46-21-11-13-23-50(46)58-54/h1-34H. The van der Waals surface area contributed by atoms with Crippen molar-refractivity contribution in [1.82, 2.24) is 4.57 Å². The fourth-order valence-electron chi connectivity index (χ4n) is 8.94. The zero-order chi connectivity index (χ0) is 38.2. The third kappa shape index (κ3) is 5.02. The van der Waals surface area contributed by atoms with Gasteiger partial charge in [0.1, 0.15) is 22.3 Å². The first-order chi connectivity index (χ1) is 28.8. The summed E-state index contributed by atoms with van der Waals surface area (Å²) in [4.78, 5) is 2.37. The topological polar surface area (TPSA) is 34.5 Å². The summed E-state index contributed by atoms with van der Waals surface area (Å²) >= 11 is 0. The molecule has 0 bridgehead atoms. The van der Waals surface area contributed by atoms with Crippen LogP contribution in [-0.4, -0.2) is 4.57 Å². The first-order valence-electron chi connectivity index (χ1n) is 19.7. The molecule has 4 heteroatoms. The number of benzene rings is 9. The van der Waals surface area contributed by atoms with Crippen LogP contribution in [0.25, 0.3) is 93.6 Å². The van der Waals surface area contributed by atoms with Gasteiger partial charge in [-0.2, -0.15) is 0 Å². The summed E-state index contributed by atoms with van der Waals surface area (Å²) in [5.41, 5.74) is 14.3. The predicted octanol–water partition coefficient (Wildman–Crippen LogP) is 15.4. The molecule has 0 unspecified atom stereocenters. The van der Waals surface area contributed by atoms with Crippen molar-refractivity contribution in [2.75, 3.05) is 4.90 Å². The van der Waals surface area contributed by atoms with Crippen LogP contribution in [0.4, 0.5) is 17.1 Å². The summed E-state index contributed by atoms with van der Waals surface area (Å²) in [6.45, 7) is 0. The van der Waals surface area contributed by atoms with E-state index < -0.39 is 0 Å². The third-order valence-corrected chi connectivity index (χ3v) is 11.6. The van der Waals surface area contributed by atoms with Crippen molar-refractivity contribution in [3.05, 3.63) is 206 Å². The highest BCUT2D eigenvalue weighted by Crippen LogP contribution is 2.48. The van der Waals surface area contributed by atoms with Crippen LogP contribution < -0.4 is 4.90 Å². The molecule has 0 atom stereocenters. The number of nitrogens with zero attached hydrogens (tertiary/aromatic N) is 2. The highest BCUT2D eigenvalue weighted by Gasteiger charge is 2.24. The van der Waals surface area contributed by atoms with E-state index in [0.29, 0.717) is 0 Å². The van der Waals surface area contributed by atoms with E-state index in [1.807, 2.05) is 12.1 Å². The molecule has 0 aliphatic carbocycles. The molecule has 0 N–H and O–H groups in total. The molecule has 3 aromatic heterocycles. The lowest BCUT2D eigenvalue weighted by Gasteiger charge is -2.27. The van der Waals surface area contributed by atoms with Crippen LogP contribution in [0.5, 0.6) is 0 Å². The smallest absolute Gasteiger partial charge is 0.145 e. The maximum Gasteiger partial charge on any atom is 0.145 e. The van der Waals surface area contributed by atoms with E-state index in [1.54, 1.807) is 0 Å². The summed E-state index contributed by atoms with van der Waals surface area (Å²) in [5, 5.41) is 6.70. The van der Waals surface area contributed by atoms with Crippen molar-refractivity contribution < 1.29 is 8.83 Å². The molecule has 0 saturated carbocycles. The average molecular weight is 743 g/mol. The van der Waals surface area contributed by atoms with E-state index >= 15 is 0 Å². The minimum Gasteiger partial charge on any atom is -0.456 e. The van der Waals surface area contributed by atoms with Gasteiger partial charge in [0.25, 0.3) is 0 Å². The summed E-state index contributed by atoms with van der Waals surface area (Å²) in [5.74, 6) is 0. The number of hydrogen-bond acceptors (Lipinski definition) is 3. The van der Waals surface area contributed by atoms with Gasteiger partial charge >= 0.3 is 0 Å². The second-order valence-corrected chi connectivity index (χ2v) is 14.9. The van der Waals surface area contributed by atoms with Gasteiger partial charge in [-0.05, 0) is 89.5 Å². The first-order valence-corrected chi connectivity index (χ1v) is 19.7. The molecule has 9 aromatic carbocycles. The van der Waals surface area contributed by atoms with Gasteiger partial charge in [0.2, 0.25) is 0 Å². The van der Waals surface area contributed by atoms with Crippen molar-refractivity contribution in [1.29, 1.82) is 0 Å². The Morgan fingerprint density at radius 1 is 0.362 bits per heavy atom. The Morgan fingerprint density at radius 3 is 1.76 bits per heavy atom. The summed E-state index contributed by atoms with van der Waals surface area (Å²) < 4.78 is 15.9. The molecule has 12 rings (SSSR count). The molecule has 0 aliphatic heterocycles. The lowest BCUT2D eigenvalue weighted by atomic mass is 9.99. The zero-order valence-electron chi connectivity index (χ0n) is 31.3. The van der Waals surface area contributed by atoms with Gasteiger partial charge in [0, 0.05) is 55.6 Å². The maximum absolute atomic E-state index is 6.80. The molecule has 0 amide bonds. The second kappa shape index (κ2) is 12.9. The van der Waals surface area contributed by atoms with Crippen LogP contribution in [0.3, 0.4) is 0 Å². The Kier molecular flexibility index (Phi) is 7.20. The van der Waals surface area contributed by atoms with Crippen molar-refractivity contribution in [2.24, 2.45) is 0 Å². The van der Waals surface area contributed by atoms with E-state index in [-0.39, 0.29) is 0 Å². The van der Waals surface area contributed by atoms with Crippen molar-refractivity contribution in [3.8, 4) is 27.9 Å². The highest BCUT2D eigenvalue weighted by molar-refractivity contribution is 6.18. The Bertz CT molecular complexity index is 3500. The molecular weight excluding hydrogens is 709 g/mol. The molecule has 58 heavy (non-hydrogen) atoms. The van der Waals surface area contributed by atoms with Gasteiger partial charge in [-0.25, -0.2) is 0 Å². The predicted molar refractivity (Wildman–Crippen MR) is 241 cm³/mol. The SMILES string of the molecule is c1ccc(-c2ccc3c(c2)oc2cc(N(c4ccc5c6ccccc6n(-c6ccccc6)c5c4)c4ccc(-c5ccccc5)c5oc6ccccc6c45)ccc23)cc1. The molecule has 0 radical (unpaired) electrons. The molecule has 4 nitrogen and oxygen atoms in total. The Hall–Kier alpha value is -7.82. The summed E-state index contributed by atoms with van der Waals surface area (Å²) in [6, 6.07) is 73.1. The zero-order valence-corrected chi connectivity index (χ0v) is 31.3. The number of anilines is 3. The van der Waals surface area contributed by atoms with E-state index in [1.165, 1.54) is 16.3 Å². The Morgan fingerprint density at radius 2 is 0.966 bits per heavy atom. The first kappa shape index (κ1) is 32.4. The molecule has 0 fully saturated rings. The van der Waals surface area contributed by atoms with Crippen LogP contribution in [0.15, 0.2) is 215 Å². The molecular formula is C54H34N2O2. The molecule has 0 saturated heterocycles. The molecule has 3 heterocycles. The molecule has 12 aromatic rings. The van der Waals surface area contributed by atoms with E-state index in [0.717, 1.165) is 94.4 Å². The fourth-order valence-corrected chi connectivity index (χ4v) is 8.94. The van der Waals surface area contributed by atoms with E-state index in [2.05, 4.69) is 204 Å². The number of hydrogen-bond donors (Lipinski definition) is 0. The summed E-state index contributed by atoms with van der Waals surface area (Å²) in [6.07, 6.45) is 0. The lowest BCUT2D eigenvalue weighted by Crippen LogP contribution is -2.10. The summed E-state index contributed by atoms with van der Waals surface area (Å²) in [7, 11) is 0. The normalized spacial score (nSPS) is 11.8.